The van der Waals surface area contributed by atoms with Crippen LogP contribution in [0.4, 0.5) is 26.3 Å². The van der Waals surface area contributed by atoms with Gasteiger partial charge in [-0.1, -0.05) is 24.3 Å². The second kappa shape index (κ2) is 24.6. The predicted octanol–water partition coefficient (Wildman–Crippen LogP) is 10.3. The lowest BCUT2D eigenvalue weighted by molar-refractivity contribution is 0.0521. The molecule has 0 saturated heterocycles. The second-order valence-electron chi connectivity index (χ2n) is 17.3. The molecule has 0 aliphatic heterocycles. The number of ether oxygens (including phenoxy) is 4. The zero-order chi connectivity index (χ0) is 55.7. The van der Waals surface area contributed by atoms with Crippen LogP contribution in [0.2, 0.25) is 0 Å². The van der Waals surface area contributed by atoms with Crippen LogP contribution in [0.15, 0.2) is 109 Å². The summed E-state index contributed by atoms with van der Waals surface area (Å²) >= 11 is 0. The standard InChI is InChI=1S/C27H26F3N5O5S.C26H24F3N5O2/c1-16(39-15-17-5-8-20(38-3)9-6-17)21-11-18(28)7-10-23(21)35-25(13-22(33-35)27(29)30)26(40-41(4,36)37)24-12-19(14-31)32-34(24)2;1-16(36-15-17-4-7-22(35-3)8-5-17)23-10-18(27)6-9-25(23)34-21(13-24(32-34)26(28)29)12-20-11-19(14-30)31-33(20)2/h5-13,16,26-27H,15H2,1-4H3;4-11,13,16,26H,12,15H2,1-3H3/t16-,26?;16-/m11/s1. The van der Waals surface area contributed by atoms with E-state index in [4.69, 9.17) is 28.4 Å². The number of methoxy groups -OCH3 is 2. The number of nitrogens with zero attached hydrogens (tertiary/aromatic N) is 10. The van der Waals surface area contributed by atoms with Crippen molar-refractivity contribution in [2.45, 2.75) is 64.6 Å². The first kappa shape index (κ1) is 56.4. The molecule has 0 aliphatic rings. The fourth-order valence-electron chi connectivity index (χ4n) is 8.05. The molecule has 0 fully saturated rings. The fraction of sp³-hybridized carbons (Fsp3) is 0.283. The summed E-state index contributed by atoms with van der Waals surface area (Å²) in [6.07, 6.45) is -7.70. The van der Waals surface area contributed by atoms with Crippen LogP contribution in [0.25, 0.3) is 11.4 Å². The van der Waals surface area contributed by atoms with Gasteiger partial charge in [0.2, 0.25) is 0 Å². The van der Waals surface area contributed by atoms with Gasteiger partial charge >= 0.3 is 0 Å². The van der Waals surface area contributed by atoms with E-state index in [1.54, 1.807) is 65.4 Å². The Balaban J connectivity index is 0.000000225. The molecule has 402 valence electrons. The summed E-state index contributed by atoms with van der Waals surface area (Å²) in [4.78, 5) is 0. The second-order valence-corrected chi connectivity index (χ2v) is 18.9. The maximum Gasteiger partial charge on any atom is 0.282 e. The van der Waals surface area contributed by atoms with Gasteiger partial charge in [-0.15, -0.1) is 0 Å². The molecule has 1 unspecified atom stereocenters. The summed E-state index contributed by atoms with van der Waals surface area (Å²) in [6, 6.07) is 31.2. The molecule has 0 aliphatic carbocycles. The number of rotatable bonds is 20. The molecule has 0 spiro atoms. The van der Waals surface area contributed by atoms with E-state index in [1.807, 2.05) is 36.4 Å². The van der Waals surface area contributed by atoms with E-state index in [0.717, 1.165) is 39.9 Å². The van der Waals surface area contributed by atoms with E-state index in [0.29, 0.717) is 28.4 Å². The number of benzene rings is 4. The van der Waals surface area contributed by atoms with Crippen molar-refractivity contribution < 1.29 is 57.9 Å². The molecule has 4 aromatic heterocycles. The van der Waals surface area contributed by atoms with Gasteiger partial charge in [0.1, 0.15) is 46.7 Å². The Morgan fingerprint density at radius 3 is 1.51 bits per heavy atom. The first-order chi connectivity index (χ1) is 36.7. The van der Waals surface area contributed by atoms with Gasteiger partial charge in [-0.2, -0.15) is 39.3 Å². The number of nitriles is 2. The lowest BCUT2D eigenvalue weighted by Crippen LogP contribution is -2.19. The zero-order valence-electron chi connectivity index (χ0n) is 42.4. The number of hydrogen-bond donors (Lipinski definition) is 0. The molecule has 0 bridgehead atoms. The van der Waals surface area contributed by atoms with E-state index >= 15 is 0 Å². The van der Waals surface area contributed by atoms with E-state index in [2.05, 4.69) is 20.4 Å². The quantitative estimate of drug-likeness (QED) is 0.0516. The smallest absolute Gasteiger partial charge is 0.282 e. The molecule has 0 N–H and O–H groups in total. The molecule has 8 rings (SSSR count). The van der Waals surface area contributed by atoms with Crippen LogP contribution in [0.1, 0.15) is 113 Å². The van der Waals surface area contributed by atoms with Crippen LogP contribution in [0.5, 0.6) is 11.5 Å². The van der Waals surface area contributed by atoms with E-state index in [-0.39, 0.29) is 53.7 Å². The third kappa shape index (κ3) is 14.0. The maximum atomic E-state index is 14.5. The molecule has 8 aromatic rings. The highest BCUT2D eigenvalue weighted by Crippen LogP contribution is 2.36. The SMILES string of the molecule is COc1ccc(CO[C@H](C)c2cc(F)ccc2-n2nc(C(F)F)cc2C(OS(C)(=O)=O)c2cc(C#N)nn2C)cc1.COc1ccc(CO[C@H](C)c2cc(F)ccc2-n2nc(C(F)F)cc2Cc2cc(C#N)nn2C)cc1. The summed E-state index contributed by atoms with van der Waals surface area (Å²) < 4.78 is 141. The number of aromatic nitrogens is 8. The first-order valence-corrected chi connectivity index (χ1v) is 25.1. The molecule has 24 heteroatoms. The average Bonchev–Trinajstić information content (AvgIpc) is 4.24. The van der Waals surface area contributed by atoms with Crippen LogP contribution in [-0.2, 0) is 57.5 Å². The highest BCUT2D eigenvalue weighted by atomic mass is 32.2. The topological polar surface area (TPSA) is 199 Å². The van der Waals surface area contributed by atoms with Crippen molar-refractivity contribution in [2.75, 3.05) is 20.5 Å². The highest BCUT2D eigenvalue weighted by molar-refractivity contribution is 7.86. The monoisotopic (exact) mass is 1080 g/mol. The van der Waals surface area contributed by atoms with Gasteiger partial charge in [0.15, 0.2) is 17.5 Å². The predicted molar refractivity (Wildman–Crippen MR) is 266 cm³/mol. The van der Waals surface area contributed by atoms with Crippen molar-refractivity contribution >= 4 is 10.1 Å². The highest BCUT2D eigenvalue weighted by Gasteiger charge is 2.32. The van der Waals surface area contributed by atoms with E-state index in [1.165, 1.54) is 63.6 Å². The van der Waals surface area contributed by atoms with Crippen molar-refractivity contribution in [3.05, 3.63) is 189 Å². The van der Waals surface area contributed by atoms with Crippen LogP contribution < -0.4 is 9.47 Å². The van der Waals surface area contributed by atoms with Crippen LogP contribution >= 0.6 is 0 Å². The Bertz CT molecular complexity index is 3530. The van der Waals surface area contributed by atoms with Crippen molar-refractivity contribution in [3.63, 3.8) is 0 Å². The largest absolute Gasteiger partial charge is 0.497 e. The lowest BCUT2D eigenvalue weighted by Gasteiger charge is -2.22. The molecule has 77 heavy (non-hydrogen) atoms. The summed E-state index contributed by atoms with van der Waals surface area (Å²) in [5, 5.41) is 34.7. The molecule has 4 aromatic carbocycles. The Morgan fingerprint density at radius 2 is 1.05 bits per heavy atom. The summed E-state index contributed by atoms with van der Waals surface area (Å²) in [5.74, 6) is 0.286. The van der Waals surface area contributed by atoms with Gasteiger partial charge in [-0.3, -0.25) is 13.5 Å². The summed E-state index contributed by atoms with van der Waals surface area (Å²) in [7, 11) is 2.08. The van der Waals surface area contributed by atoms with Gasteiger partial charge in [0.25, 0.3) is 23.0 Å². The van der Waals surface area contributed by atoms with Gasteiger partial charge in [0.05, 0.1) is 74.4 Å². The average molecular weight is 1090 g/mol. The molecule has 0 amide bonds. The Hall–Kier alpha value is -8.29. The molecule has 17 nitrogen and oxygen atoms in total. The third-order valence-electron chi connectivity index (χ3n) is 11.9. The van der Waals surface area contributed by atoms with Gasteiger partial charge < -0.3 is 18.9 Å². The van der Waals surface area contributed by atoms with Gasteiger partial charge in [-0.25, -0.2) is 35.7 Å². The number of halogens is 6. The van der Waals surface area contributed by atoms with Crippen molar-refractivity contribution in [1.82, 2.24) is 39.1 Å². The van der Waals surface area contributed by atoms with Crippen molar-refractivity contribution in [1.29, 1.82) is 10.5 Å². The number of hydrogen-bond acceptors (Lipinski definition) is 13. The Labute approximate surface area is 439 Å². The van der Waals surface area contributed by atoms with Crippen molar-refractivity contribution in [2.24, 2.45) is 14.1 Å². The minimum atomic E-state index is -4.17. The third-order valence-corrected chi connectivity index (χ3v) is 12.5. The zero-order valence-corrected chi connectivity index (χ0v) is 43.2. The van der Waals surface area contributed by atoms with Gasteiger partial charge in [0, 0.05) is 43.4 Å². The van der Waals surface area contributed by atoms with Gasteiger partial charge in [-0.05, 0) is 104 Å². The van der Waals surface area contributed by atoms with Crippen molar-refractivity contribution in [3.8, 4) is 35.0 Å². The molecular formula is C53H50F6N10O7S. The Kier molecular flexibility index (Phi) is 18.0. The molecular weight excluding hydrogens is 1030 g/mol. The van der Waals surface area contributed by atoms with Crippen LogP contribution in [-0.4, -0.2) is 68.0 Å². The molecule has 0 radical (unpaired) electrons. The molecule has 4 heterocycles. The van der Waals surface area contributed by atoms with Crippen LogP contribution in [0.3, 0.4) is 0 Å². The first-order valence-electron chi connectivity index (χ1n) is 23.3. The van der Waals surface area contributed by atoms with E-state index in [9.17, 15) is 40.0 Å². The minimum Gasteiger partial charge on any atom is -0.497 e. The minimum absolute atomic E-state index is 0.0484. The number of aryl methyl sites for hydroxylation is 2. The van der Waals surface area contributed by atoms with Crippen LogP contribution in [0, 0.1) is 34.3 Å². The summed E-state index contributed by atoms with van der Waals surface area (Å²) in [5.41, 5.74) is 3.12. The molecule has 3 atom stereocenters. The molecule has 0 saturated carbocycles. The maximum absolute atomic E-state index is 14.5. The fourth-order valence-corrected chi connectivity index (χ4v) is 8.60. The lowest BCUT2D eigenvalue weighted by atomic mass is 10.1. The normalized spacial score (nSPS) is 12.7. The Morgan fingerprint density at radius 1 is 0.584 bits per heavy atom. The van der Waals surface area contributed by atoms with E-state index < -0.39 is 64.3 Å². The summed E-state index contributed by atoms with van der Waals surface area (Å²) in [6.45, 7) is 3.81. The number of alkyl halides is 4.